The zero-order valence-corrected chi connectivity index (χ0v) is 20.2. The van der Waals surface area contributed by atoms with Gasteiger partial charge in [-0.05, 0) is 49.6 Å². The van der Waals surface area contributed by atoms with E-state index in [-0.39, 0.29) is 24.3 Å². The molecule has 1 unspecified atom stereocenters. The summed E-state index contributed by atoms with van der Waals surface area (Å²) in [4.78, 5) is 32.0. The summed E-state index contributed by atoms with van der Waals surface area (Å²) < 4.78 is 5.19. The van der Waals surface area contributed by atoms with Crippen LogP contribution in [0.3, 0.4) is 0 Å². The lowest BCUT2D eigenvalue weighted by atomic mass is 10.1. The van der Waals surface area contributed by atoms with Crippen molar-refractivity contribution in [2.24, 2.45) is 0 Å². The van der Waals surface area contributed by atoms with Crippen molar-refractivity contribution in [3.8, 4) is 11.8 Å². The molecule has 1 aliphatic heterocycles. The van der Waals surface area contributed by atoms with Gasteiger partial charge in [-0.15, -0.1) is 0 Å². The van der Waals surface area contributed by atoms with E-state index in [4.69, 9.17) is 10.00 Å². The van der Waals surface area contributed by atoms with Crippen molar-refractivity contribution in [3.05, 3.63) is 60.2 Å². The first-order valence-electron chi connectivity index (χ1n) is 11.9. The Kier molecular flexibility index (Phi) is 9.48. The van der Waals surface area contributed by atoms with Gasteiger partial charge in [0.1, 0.15) is 5.75 Å². The standard InChI is InChI=1S/C27H34N4O3/c1-22(27(33)31(19-6-16-28)24-8-4-3-5-9-24)29-17-7-18-30(21-20-29)26(32)15-12-23-10-13-25(34-2)14-11-23/h3-5,8-11,13-14,22H,6-7,12,15,17-21H2,1-2H3. The molecule has 2 aromatic rings. The lowest BCUT2D eigenvalue weighted by Crippen LogP contribution is -2.49. The third-order valence-electron chi connectivity index (χ3n) is 6.36. The average Bonchev–Trinajstić information content (AvgIpc) is 3.14. The van der Waals surface area contributed by atoms with Crippen LogP contribution in [0.4, 0.5) is 5.69 Å². The van der Waals surface area contributed by atoms with Gasteiger partial charge in [-0.1, -0.05) is 30.3 Å². The van der Waals surface area contributed by atoms with E-state index in [0.29, 0.717) is 39.0 Å². The van der Waals surface area contributed by atoms with Crippen LogP contribution in [-0.4, -0.2) is 67.5 Å². The molecule has 0 spiro atoms. The van der Waals surface area contributed by atoms with Crippen LogP contribution in [0.2, 0.25) is 0 Å². The molecule has 0 saturated carbocycles. The number of aryl methyl sites for hydroxylation is 1. The van der Waals surface area contributed by atoms with Crippen molar-refractivity contribution in [2.45, 2.75) is 38.6 Å². The van der Waals surface area contributed by atoms with Gasteiger partial charge >= 0.3 is 0 Å². The monoisotopic (exact) mass is 462 g/mol. The molecule has 0 radical (unpaired) electrons. The summed E-state index contributed by atoms with van der Waals surface area (Å²) in [6, 6.07) is 19.1. The maximum Gasteiger partial charge on any atom is 0.244 e. The first-order chi connectivity index (χ1) is 16.5. The lowest BCUT2D eigenvalue weighted by molar-refractivity contribution is -0.131. The fourth-order valence-electron chi connectivity index (χ4n) is 4.29. The quantitative estimate of drug-likeness (QED) is 0.570. The number of para-hydroxylation sites is 1. The van der Waals surface area contributed by atoms with E-state index < -0.39 is 0 Å². The maximum atomic E-state index is 13.4. The Balaban J connectivity index is 1.55. The summed E-state index contributed by atoms with van der Waals surface area (Å²) in [6.45, 7) is 5.02. The second-order valence-electron chi connectivity index (χ2n) is 8.53. The number of carbonyl (C=O) groups excluding carboxylic acids is 2. The summed E-state index contributed by atoms with van der Waals surface area (Å²) in [5.74, 6) is 0.946. The summed E-state index contributed by atoms with van der Waals surface area (Å²) in [5.41, 5.74) is 1.92. The van der Waals surface area contributed by atoms with Gasteiger partial charge in [-0.2, -0.15) is 5.26 Å². The van der Waals surface area contributed by atoms with Crippen LogP contribution in [0.25, 0.3) is 0 Å². The van der Waals surface area contributed by atoms with Crippen LogP contribution >= 0.6 is 0 Å². The molecule has 7 nitrogen and oxygen atoms in total. The van der Waals surface area contributed by atoms with Gasteiger partial charge in [-0.25, -0.2) is 0 Å². The number of ether oxygens (including phenoxy) is 1. The van der Waals surface area contributed by atoms with Crippen LogP contribution in [-0.2, 0) is 16.0 Å². The molecule has 1 aliphatic rings. The summed E-state index contributed by atoms with van der Waals surface area (Å²) in [6.07, 6.45) is 2.28. The van der Waals surface area contributed by atoms with Crippen LogP contribution in [0.5, 0.6) is 5.75 Å². The normalized spacial score (nSPS) is 15.1. The van der Waals surface area contributed by atoms with Crippen molar-refractivity contribution >= 4 is 17.5 Å². The van der Waals surface area contributed by atoms with E-state index >= 15 is 0 Å². The third kappa shape index (κ3) is 6.82. The number of hydrogen-bond donors (Lipinski definition) is 0. The van der Waals surface area contributed by atoms with Gasteiger partial charge in [0.25, 0.3) is 0 Å². The van der Waals surface area contributed by atoms with Gasteiger partial charge < -0.3 is 14.5 Å². The molecule has 1 fully saturated rings. The van der Waals surface area contributed by atoms with Crippen molar-refractivity contribution in [1.82, 2.24) is 9.80 Å². The number of hydrogen-bond acceptors (Lipinski definition) is 5. The smallest absolute Gasteiger partial charge is 0.244 e. The van der Waals surface area contributed by atoms with Crippen LogP contribution in [0, 0.1) is 11.3 Å². The first-order valence-corrected chi connectivity index (χ1v) is 11.9. The Bertz CT molecular complexity index is 972. The molecular formula is C27H34N4O3. The Morgan fingerprint density at radius 3 is 2.47 bits per heavy atom. The summed E-state index contributed by atoms with van der Waals surface area (Å²) in [7, 11) is 1.64. The maximum absolute atomic E-state index is 13.4. The van der Waals surface area contributed by atoms with E-state index in [1.54, 1.807) is 12.0 Å². The number of benzene rings is 2. The molecule has 3 rings (SSSR count). The number of nitrogens with zero attached hydrogens (tertiary/aromatic N) is 4. The van der Waals surface area contributed by atoms with E-state index in [1.807, 2.05) is 66.4 Å². The molecule has 0 aliphatic carbocycles. The minimum absolute atomic E-state index is 0.0132. The minimum atomic E-state index is -0.326. The van der Waals surface area contributed by atoms with E-state index in [1.165, 1.54) is 0 Å². The Morgan fingerprint density at radius 2 is 1.79 bits per heavy atom. The minimum Gasteiger partial charge on any atom is -0.497 e. The Hall–Kier alpha value is -3.37. The van der Waals surface area contributed by atoms with E-state index in [2.05, 4.69) is 11.0 Å². The SMILES string of the molecule is COc1ccc(CCC(=O)N2CCCN(C(C)C(=O)N(CCC#N)c3ccccc3)CC2)cc1. The molecule has 1 heterocycles. The van der Waals surface area contributed by atoms with E-state index in [9.17, 15) is 9.59 Å². The highest BCUT2D eigenvalue weighted by atomic mass is 16.5. The molecule has 0 N–H and O–H groups in total. The number of rotatable bonds is 9. The van der Waals surface area contributed by atoms with E-state index in [0.717, 1.165) is 30.0 Å². The van der Waals surface area contributed by atoms with Crippen molar-refractivity contribution in [1.29, 1.82) is 5.26 Å². The van der Waals surface area contributed by atoms with Gasteiger partial charge in [0.2, 0.25) is 11.8 Å². The summed E-state index contributed by atoms with van der Waals surface area (Å²) >= 11 is 0. The lowest BCUT2D eigenvalue weighted by Gasteiger charge is -2.32. The largest absolute Gasteiger partial charge is 0.497 e. The molecule has 1 saturated heterocycles. The van der Waals surface area contributed by atoms with Crippen LogP contribution in [0.15, 0.2) is 54.6 Å². The van der Waals surface area contributed by atoms with Gasteiger partial charge in [0.15, 0.2) is 0 Å². The molecule has 1 atom stereocenters. The van der Waals surface area contributed by atoms with Crippen LogP contribution < -0.4 is 9.64 Å². The number of anilines is 1. The highest BCUT2D eigenvalue weighted by Gasteiger charge is 2.29. The van der Waals surface area contributed by atoms with Crippen molar-refractivity contribution in [2.75, 3.05) is 44.7 Å². The number of carbonyl (C=O) groups is 2. The Morgan fingerprint density at radius 1 is 1.06 bits per heavy atom. The average molecular weight is 463 g/mol. The topological polar surface area (TPSA) is 76.9 Å². The molecule has 2 aromatic carbocycles. The predicted molar refractivity (Wildman–Crippen MR) is 133 cm³/mol. The third-order valence-corrected chi connectivity index (χ3v) is 6.36. The fourth-order valence-corrected chi connectivity index (χ4v) is 4.29. The molecule has 34 heavy (non-hydrogen) atoms. The fraction of sp³-hybridized carbons (Fsp3) is 0.444. The molecule has 0 aromatic heterocycles. The molecule has 2 amide bonds. The molecular weight excluding hydrogens is 428 g/mol. The molecule has 7 heteroatoms. The highest BCUT2D eigenvalue weighted by molar-refractivity contribution is 5.97. The Labute approximate surface area is 202 Å². The molecule has 0 bridgehead atoms. The summed E-state index contributed by atoms with van der Waals surface area (Å²) in [5, 5.41) is 9.05. The van der Waals surface area contributed by atoms with Crippen LogP contribution in [0.1, 0.15) is 31.7 Å². The number of amides is 2. The van der Waals surface area contributed by atoms with Gasteiger partial charge in [0, 0.05) is 44.8 Å². The second kappa shape index (κ2) is 12.8. The highest BCUT2D eigenvalue weighted by Crippen LogP contribution is 2.18. The zero-order chi connectivity index (χ0) is 24.3. The van der Waals surface area contributed by atoms with Crippen molar-refractivity contribution < 1.29 is 14.3 Å². The van der Waals surface area contributed by atoms with Crippen molar-refractivity contribution in [3.63, 3.8) is 0 Å². The number of nitriles is 1. The predicted octanol–water partition coefficient (Wildman–Crippen LogP) is 3.50. The van der Waals surface area contributed by atoms with Gasteiger partial charge in [0.05, 0.1) is 25.6 Å². The molecule has 180 valence electrons. The first kappa shape index (κ1) is 25.3. The zero-order valence-electron chi connectivity index (χ0n) is 20.2. The number of methoxy groups -OCH3 is 1. The second-order valence-corrected chi connectivity index (χ2v) is 8.53. The van der Waals surface area contributed by atoms with Gasteiger partial charge in [-0.3, -0.25) is 14.5 Å².